The zero-order chi connectivity index (χ0) is 11.3. The van der Waals surface area contributed by atoms with E-state index in [1.54, 1.807) is 6.07 Å². The first-order valence-corrected chi connectivity index (χ1v) is 6.08. The van der Waals surface area contributed by atoms with Crippen LogP contribution in [0.3, 0.4) is 0 Å². The number of benzene rings is 1. The van der Waals surface area contributed by atoms with Gasteiger partial charge >= 0.3 is 0 Å². The van der Waals surface area contributed by atoms with Gasteiger partial charge in [0.1, 0.15) is 5.82 Å². The van der Waals surface area contributed by atoms with Crippen molar-refractivity contribution < 1.29 is 4.39 Å². The second-order valence-electron chi connectivity index (χ2n) is 4.06. The first-order chi connectivity index (χ1) is 7.11. The quantitative estimate of drug-likeness (QED) is 0.783. The van der Waals surface area contributed by atoms with Crippen LogP contribution in [0.25, 0.3) is 0 Å². The third kappa shape index (κ3) is 4.20. The van der Waals surface area contributed by atoms with Gasteiger partial charge in [-0.3, -0.25) is 0 Å². The van der Waals surface area contributed by atoms with Gasteiger partial charge in [0.2, 0.25) is 0 Å². The van der Waals surface area contributed by atoms with Gasteiger partial charge in [-0.05, 0) is 46.8 Å². The topological polar surface area (TPSA) is 12.0 Å². The minimum Gasteiger partial charge on any atom is -0.382 e. The van der Waals surface area contributed by atoms with Crippen LogP contribution in [0.2, 0.25) is 0 Å². The summed E-state index contributed by atoms with van der Waals surface area (Å²) in [6, 6.07) is 5.00. The average Bonchev–Trinajstić information content (AvgIpc) is 2.15. The van der Waals surface area contributed by atoms with Crippen LogP contribution >= 0.6 is 15.9 Å². The lowest BCUT2D eigenvalue weighted by Crippen LogP contribution is -2.05. The molecule has 0 spiro atoms. The Morgan fingerprint density at radius 1 is 1.40 bits per heavy atom. The minimum atomic E-state index is -0.200. The van der Waals surface area contributed by atoms with Gasteiger partial charge in [-0.2, -0.15) is 0 Å². The summed E-state index contributed by atoms with van der Waals surface area (Å²) in [4.78, 5) is 0. The molecule has 0 saturated carbocycles. The molecule has 1 aromatic rings. The lowest BCUT2D eigenvalue weighted by molar-refractivity contribution is 0.565. The fourth-order valence-electron chi connectivity index (χ4n) is 1.39. The summed E-state index contributed by atoms with van der Waals surface area (Å²) < 4.78 is 14.1. The molecule has 0 aliphatic carbocycles. The van der Waals surface area contributed by atoms with Crippen molar-refractivity contribution in [2.45, 2.75) is 26.7 Å². The Morgan fingerprint density at radius 3 is 2.73 bits per heavy atom. The van der Waals surface area contributed by atoms with E-state index in [0.29, 0.717) is 11.6 Å². The van der Waals surface area contributed by atoms with E-state index in [1.807, 2.05) is 6.07 Å². The van der Waals surface area contributed by atoms with Crippen molar-refractivity contribution in [3.8, 4) is 0 Å². The standard InChI is InChI=1S/C12H17BrFN/c1-9(2)5-4-8-15-12-10(13)6-3-7-11(12)14/h3,6-7,9,15H,4-5,8H2,1-2H3. The van der Waals surface area contributed by atoms with Gasteiger partial charge in [-0.1, -0.05) is 19.9 Å². The van der Waals surface area contributed by atoms with Crippen molar-refractivity contribution in [2.75, 3.05) is 11.9 Å². The molecule has 1 N–H and O–H groups in total. The number of hydrogen-bond acceptors (Lipinski definition) is 1. The first kappa shape index (κ1) is 12.5. The third-order valence-electron chi connectivity index (χ3n) is 2.22. The van der Waals surface area contributed by atoms with Gasteiger partial charge in [-0.15, -0.1) is 0 Å². The molecule has 84 valence electrons. The van der Waals surface area contributed by atoms with Crippen LogP contribution in [0.1, 0.15) is 26.7 Å². The number of hydrogen-bond donors (Lipinski definition) is 1. The summed E-state index contributed by atoms with van der Waals surface area (Å²) in [7, 11) is 0. The third-order valence-corrected chi connectivity index (χ3v) is 2.88. The lowest BCUT2D eigenvalue weighted by atomic mass is 10.1. The summed E-state index contributed by atoms with van der Waals surface area (Å²) in [6.45, 7) is 5.20. The van der Waals surface area contributed by atoms with E-state index < -0.39 is 0 Å². The summed E-state index contributed by atoms with van der Waals surface area (Å²) in [6.07, 6.45) is 2.23. The van der Waals surface area contributed by atoms with Crippen LogP contribution in [0.5, 0.6) is 0 Å². The molecular weight excluding hydrogens is 257 g/mol. The highest BCUT2D eigenvalue weighted by Crippen LogP contribution is 2.25. The van der Waals surface area contributed by atoms with E-state index in [9.17, 15) is 4.39 Å². The SMILES string of the molecule is CC(C)CCCNc1c(F)cccc1Br. The Bertz CT molecular complexity index is 292. The van der Waals surface area contributed by atoms with Crippen LogP contribution in [0, 0.1) is 11.7 Å². The Morgan fingerprint density at radius 2 is 2.13 bits per heavy atom. The Hall–Kier alpha value is -0.570. The van der Waals surface area contributed by atoms with Gasteiger partial charge in [-0.25, -0.2) is 4.39 Å². The van der Waals surface area contributed by atoms with E-state index in [-0.39, 0.29) is 5.82 Å². The molecule has 15 heavy (non-hydrogen) atoms. The van der Waals surface area contributed by atoms with E-state index in [4.69, 9.17) is 0 Å². The van der Waals surface area contributed by atoms with Gasteiger partial charge in [0, 0.05) is 11.0 Å². The summed E-state index contributed by atoms with van der Waals surface area (Å²) in [5.41, 5.74) is 0.571. The van der Waals surface area contributed by atoms with Gasteiger partial charge in [0.15, 0.2) is 0 Å². The van der Waals surface area contributed by atoms with E-state index in [2.05, 4.69) is 35.1 Å². The number of halogens is 2. The van der Waals surface area contributed by atoms with E-state index in [1.165, 1.54) is 12.5 Å². The second kappa shape index (κ2) is 6.11. The highest BCUT2D eigenvalue weighted by atomic mass is 79.9. The molecular formula is C12H17BrFN. The molecule has 0 fully saturated rings. The fraction of sp³-hybridized carbons (Fsp3) is 0.500. The molecule has 1 nitrogen and oxygen atoms in total. The van der Waals surface area contributed by atoms with Crippen molar-refractivity contribution in [3.05, 3.63) is 28.5 Å². The van der Waals surface area contributed by atoms with E-state index >= 15 is 0 Å². The molecule has 0 radical (unpaired) electrons. The summed E-state index contributed by atoms with van der Waals surface area (Å²) >= 11 is 3.33. The number of nitrogens with one attached hydrogen (secondary N) is 1. The van der Waals surface area contributed by atoms with Crippen LogP contribution in [0.15, 0.2) is 22.7 Å². The largest absolute Gasteiger partial charge is 0.382 e. The second-order valence-corrected chi connectivity index (χ2v) is 4.91. The van der Waals surface area contributed by atoms with Crippen LogP contribution in [0.4, 0.5) is 10.1 Å². The van der Waals surface area contributed by atoms with Gasteiger partial charge < -0.3 is 5.32 Å². The zero-order valence-corrected chi connectivity index (χ0v) is 10.8. The van der Waals surface area contributed by atoms with Crippen molar-refractivity contribution in [1.82, 2.24) is 0 Å². The minimum absolute atomic E-state index is 0.200. The van der Waals surface area contributed by atoms with Crippen molar-refractivity contribution in [1.29, 1.82) is 0 Å². The number of rotatable bonds is 5. The maximum Gasteiger partial charge on any atom is 0.147 e. The van der Waals surface area contributed by atoms with Gasteiger partial charge in [0.25, 0.3) is 0 Å². The normalized spacial score (nSPS) is 10.7. The number of anilines is 1. The molecule has 0 saturated heterocycles. The first-order valence-electron chi connectivity index (χ1n) is 5.29. The molecule has 0 atom stereocenters. The Balaban J connectivity index is 2.43. The van der Waals surface area contributed by atoms with Crippen molar-refractivity contribution in [3.63, 3.8) is 0 Å². The zero-order valence-electron chi connectivity index (χ0n) is 9.19. The van der Waals surface area contributed by atoms with Gasteiger partial charge in [0.05, 0.1) is 5.69 Å². The number of para-hydroxylation sites is 1. The lowest BCUT2D eigenvalue weighted by Gasteiger charge is -2.10. The smallest absolute Gasteiger partial charge is 0.147 e. The molecule has 0 heterocycles. The monoisotopic (exact) mass is 273 g/mol. The summed E-state index contributed by atoms with van der Waals surface area (Å²) in [5.74, 6) is 0.504. The molecule has 0 aliphatic rings. The molecule has 3 heteroatoms. The highest BCUT2D eigenvalue weighted by molar-refractivity contribution is 9.10. The molecule has 0 amide bonds. The maximum absolute atomic E-state index is 13.3. The van der Waals surface area contributed by atoms with Crippen molar-refractivity contribution >= 4 is 21.6 Å². The molecule has 0 unspecified atom stereocenters. The predicted octanol–water partition coefficient (Wildman–Crippen LogP) is 4.44. The Labute approximate surface area is 99.2 Å². The molecule has 0 aromatic heterocycles. The molecule has 1 aromatic carbocycles. The highest BCUT2D eigenvalue weighted by Gasteiger charge is 2.04. The summed E-state index contributed by atoms with van der Waals surface area (Å²) in [5, 5.41) is 3.11. The molecule has 0 bridgehead atoms. The fourth-order valence-corrected chi connectivity index (χ4v) is 1.87. The van der Waals surface area contributed by atoms with Crippen LogP contribution in [-0.2, 0) is 0 Å². The van der Waals surface area contributed by atoms with Crippen molar-refractivity contribution in [2.24, 2.45) is 5.92 Å². The van der Waals surface area contributed by atoms with Crippen LogP contribution in [-0.4, -0.2) is 6.54 Å². The van der Waals surface area contributed by atoms with E-state index in [0.717, 1.165) is 17.4 Å². The maximum atomic E-state index is 13.3. The Kier molecular flexibility index (Phi) is 5.09. The average molecular weight is 274 g/mol. The predicted molar refractivity (Wildman–Crippen MR) is 66.7 cm³/mol. The molecule has 0 aliphatic heterocycles. The molecule has 1 rings (SSSR count). The van der Waals surface area contributed by atoms with Crippen LogP contribution < -0.4 is 5.32 Å².